The molecule has 1 aromatic heterocycles. The van der Waals surface area contributed by atoms with Crippen LogP contribution in [-0.2, 0) is 75.2 Å². The highest BCUT2D eigenvalue weighted by Crippen LogP contribution is 2.24. The maximum Gasteiger partial charge on any atom is 0.326 e. The third-order valence-corrected chi connectivity index (χ3v) is 18.6. The van der Waals surface area contributed by atoms with E-state index in [4.69, 9.17) is 50.3 Å². The molecule has 632 valence electrons. The molecule has 42 heteroatoms. The Balaban J connectivity index is 1.82. The fourth-order valence-corrected chi connectivity index (χ4v) is 12.4. The second kappa shape index (κ2) is 46.5. The largest absolute Gasteiger partial charge is 0.480 e. The van der Waals surface area contributed by atoms with Crippen LogP contribution >= 0.6 is 25.3 Å². The van der Waals surface area contributed by atoms with Crippen LogP contribution in [0.4, 0.5) is 0 Å². The number of benzene rings is 3. The summed E-state index contributed by atoms with van der Waals surface area (Å²) in [5.41, 5.74) is 28.2. The monoisotopic (exact) mass is 1640 g/mol. The first kappa shape index (κ1) is 95.7. The predicted molar refractivity (Wildman–Crippen MR) is 437 cm³/mol. The van der Waals surface area contributed by atoms with E-state index in [2.05, 4.69) is 110 Å². The molecule has 1 heterocycles. The van der Waals surface area contributed by atoms with Gasteiger partial charge < -0.3 is 124 Å². The van der Waals surface area contributed by atoms with E-state index in [1.54, 1.807) is 75.5 Å². The topological polar surface area (TPSA) is 684 Å². The number of aromatic nitrogens is 1. The first-order chi connectivity index (χ1) is 54.0. The van der Waals surface area contributed by atoms with Crippen molar-refractivity contribution >= 4 is 148 Å². The lowest BCUT2D eigenvalue weighted by atomic mass is 9.86. The Bertz CT molecular complexity index is 4110. The molecule has 0 spiro atoms. The lowest BCUT2D eigenvalue weighted by Crippen LogP contribution is -2.64. The number of aliphatic hydroxyl groups excluding tert-OH is 1. The standard InChI is InChI=1S/C73H113N25O15S2/c1-37(99)54(65(110)93-48(23-15-31-86-71(81)82)60(105)98-56(67(112)113)72(3,4)5)96-66(111)55(73(6,7)115)97-61(106)49(26-27-53(74)101)92-63(108)51(34-42-35-87-44-19-11-10-18-43(42)44)95-62(107)50(33-39-24-25-40-16-8-9-17-41(40)32-39)94-59(104)47(22-14-30-85-70(79)80)90-57(102)45(20-12-28-83-68(75)76)89-58(103)46(21-13-29-84-69(77)78)91-64(109)52(36-114)88-38(2)100/h8-11,16-19,24-25,32,35,37,45-52,54-56,87,99,114-115H,12-15,20-23,26-31,33-34,36H2,1-7H3,(H2,74,101)(H,88,100)(H,89,103)(H,90,102)(H,91,109)(H,92,108)(H,93,110)(H,94,104)(H,95,107)(H,96,111)(H,97,106)(H,98,105)(H,112,113)(H4,75,76,83)(H4,77,78,84)(H4,79,80,85)(H4,81,82,86)/t37-,45+,46+,47+,48+,49+,50-,51+,52+,54+,55-,56-/m1/s1. The summed E-state index contributed by atoms with van der Waals surface area (Å²) in [5, 5.41) is 92.6. The average molecular weight is 1650 g/mol. The zero-order valence-electron chi connectivity index (χ0n) is 65.4. The van der Waals surface area contributed by atoms with Crippen molar-refractivity contribution in [1.29, 1.82) is 21.6 Å². The van der Waals surface area contributed by atoms with Crippen LogP contribution in [0, 0.1) is 27.1 Å². The van der Waals surface area contributed by atoms with Gasteiger partial charge in [0.2, 0.25) is 70.9 Å². The number of aliphatic hydroxyl groups is 1. The zero-order valence-corrected chi connectivity index (χ0v) is 67.1. The van der Waals surface area contributed by atoms with Crippen molar-refractivity contribution in [3.05, 3.63) is 84.1 Å². The second-order valence-corrected chi connectivity index (χ2v) is 30.7. The first-order valence-electron chi connectivity index (χ1n) is 37.2. The third kappa shape index (κ3) is 33.5. The number of nitrogens with one attached hydrogen (secondary N) is 20. The molecular formula is C73H113N25O15S2. The van der Waals surface area contributed by atoms with Crippen LogP contribution in [0.3, 0.4) is 0 Å². The number of para-hydroxylation sites is 1. The fraction of sp³-hybridized carbons (Fsp3) is 0.521. The molecule has 4 aromatic rings. The van der Waals surface area contributed by atoms with E-state index in [1.807, 2.05) is 18.2 Å². The summed E-state index contributed by atoms with van der Waals surface area (Å²) in [6, 6.07) is 2.01. The lowest BCUT2D eigenvalue weighted by Gasteiger charge is -2.33. The number of carbonyl (C=O) groups excluding carboxylic acids is 12. The minimum Gasteiger partial charge on any atom is -0.480 e. The van der Waals surface area contributed by atoms with Crippen LogP contribution in [0.5, 0.6) is 0 Å². The number of nitrogens with two attached hydrogens (primary N) is 5. The van der Waals surface area contributed by atoms with Crippen molar-refractivity contribution in [3.63, 3.8) is 0 Å². The Labute approximate surface area is 676 Å². The molecule has 12 atom stereocenters. The lowest BCUT2D eigenvalue weighted by molar-refractivity contribution is -0.145. The number of amides is 12. The Kier molecular flexibility index (Phi) is 38.7. The summed E-state index contributed by atoms with van der Waals surface area (Å²) < 4.78 is -1.58. The summed E-state index contributed by atoms with van der Waals surface area (Å²) in [6.45, 7) is 9.90. The van der Waals surface area contributed by atoms with Crippen molar-refractivity contribution in [2.24, 2.45) is 34.1 Å². The molecular weight excluding hydrogens is 1530 g/mol. The number of fused-ring (bicyclic) bond motifs is 2. The van der Waals surface area contributed by atoms with Gasteiger partial charge in [-0.3, -0.25) is 79.2 Å². The summed E-state index contributed by atoms with van der Waals surface area (Å²) in [4.78, 5) is 187. The highest BCUT2D eigenvalue weighted by molar-refractivity contribution is 7.81. The van der Waals surface area contributed by atoms with Crippen LogP contribution in [-0.4, -0.2) is 225 Å². The SMILES string of the molecule is CC(=O)N[C@@H](CS)C(=O)N[C@@H](CCCNC(=N)N)C(=O)N[C@@H](CCCNC(=N)N)C(=O)N[C@@H](CCCNC(=N)N)C(=O)N[C@H](Cc1ccc2ccccc2c1)C(=O)N[C@@H](Cc1c[nH]c2ccccc12)C(=O)N[C@@H](CCC(N)=O)C(=O)N[C@H](C(=O)N[C@H](C(=O)N[C@@H](CCCNC(=N)N)C(=O)N[C@H](C(=O)O)C(C)(C)C)[C@@H](C)O)C(C)(C)S. The number of carbonyl (C=O) groups is 13. The number of rotatable bonds is 48. The van der Waals surface area contributed by atoms with E-state index in [0.29, 0.717) is 22.0 Å². The molecule has 3 aromatic carbocycles. The maximum atomic E-state index is 15.6. The molecule has 0 aliphatic heterocycles. The maximum absolute atomic E-state index is 15.6. The number of aromatic amines is 1. The van der Waals surface area contributed by atoms with E-state index >= 15 is 14.4 Å². The van der Waals surface area contributed by atoms with Crippen molar-refractivity contribution in [3.8, 4) is 0 Å². The Hall–Kier alpha value is -11.7. The van der Waals surface area contributed by atoms with Gasteiger partial charge in [-0.25, -0.2) is 4.79 Å². The van der Waals surface area contributed by atoms with Crippen molar-refractivity contribution in [2.45, 2.75) is 203 Å². The summed E-state index contributed by atoms with van der Waals surface area (Å²) in [7, 11) is 0. The van der Waals surface area contributed by atoms with Gasteiger partial charge in [0.1, 0.15) is 66.5 Å². The minimum atomic E-state index is -1.89. The van der Waals surface area contributed by atoms with E-state index in [-0.39, 0.29) is 102 Å². The summed E-state index contributed by atoms with van der Waals surface area (Å²) in [5.74, 6) is -14.8. The van der Waals surface area contributed by atoms with E-state index in [9.17, 15) is 58.2 Å². The van der Waals surface area contributed by atoms with Gasteiger partial charge in [-0.05, 0) is 112 Å². The number of primary amides is 1. The second-order valence-electron chi connectivity index (χ2n) is 29.2. The number of H-pyrrole nitrogens is 1. The number of hydrogen-bond acceptors (Lipinski definition) is 20. The molecule has 0 radical (unpaired) electrons. The van der Waals surface area contributed by atoms with Gasteiger partial charge in [0.15, 0.2) is 23.8 Å². The molecule has 115 heavy (non-hydrogen) atoms. The van der Waals surface area contributed by atoms with Gasteiger partial charge in [-0.2, -0.15) is 25.3 Å². The number of thiol groups is 2. The van der Waals surface area contributed by atoms with Crippen molar-refractivity contribution in [2.75, 3.05) is 31.9 Å². The van der Waals surface area contributed by atoms with Crippen molar-refractivity contribution < 1.29 is 72.5 Å². The van der Waals surface area contributed by atoms with Crippen molar-refractivity contribution in [1.82, 2.24) is 84.7 Å². The van der Waals surface area contributed by atoms with Gasteiger partial charge in [-0.1, -0.05) is 81.4 Å². The van der Waals surface area contributed by atoms with E-state index in [0.717, 1.165) is 17.7 Å². The highest BCUT2D eigenvalue weighted by Gasteiger charge is 2.42. The Morgan fingerprint density at radius 3 is 1.25 bits per heavy atom. The molecule has 0 saturated heterocycles. The van der Waals surface area contributed by atoms with E-state index < -0.39 is 190 Å². The number of guanidine groups is 4. The molecule has 0 aliphatic carbocycles. The zero-order chi connectivity index (χ0) is 86.0. The summed E-state index contributed by atoms with van der Waals surface area (Å²) in [6.07, 6.45) is -2.25. The van der Waals surface area contributed by atoms with Crippen LogP contribution in [0.25, 0.3) is 21.7 Å². The number of carboxylic acids is 1. The van der Waals surface area contributed by atoms with Crippen LogP contribution in [0.1, 0.15) is 124 Å². The Morgan fingerprint density at radius 2 is 0.843 bits per heavy atom. The number of carboxylic acid groups (broad SMARTS) is 1. The highest BCUT2D eigenvalue weighted by atomic mass is 32.1. The molecule has 0 aliphatic rings. The fourth-order valence-electron chi connectivity index (χ4n) is 12.0. The first-order valence-corrected chi connectivity index (χ1v) is 38.2. The number of hydrogen-bond donors (Lipinski definition) is 29. The van der Waals surface area contributed by atoms with E-state index in [1.165, 1.54) is 20.8 Å². The minimum absolute atomic E-state index is 0.0134. The molecule has 4 rings (SSSR count). The molecule has 0 saturated carbocycles. The smallest absolute Gasteiger partial charge is 0.326 e. The van der Waals surface area contributed by atoms with Gasteiger partial charge in [0, 0.05) is 80.0 Å². The molecule has 0 bridgehead atoms. The quantitative estimate of drug-likeness (QED) is 0.00866. The molecule has 40 nitrogen and oxygen atoms in total. The van der Waals surface area contributed by atoms with Gasteiger partial charge in [-0.15, -0.1) is 0 Å². The predicted octanol–water partition coefficient (Wildman–Crippen LogP) is -4.07. The summed E-state index contributed by atoms with van der Waals surface area (Å²) >= 11 is 8.80. The van der Waals surface area contributed by atoms with Crippen LogP contribution < -0.4 is 108 Å². The van der Waals surface area contributed by atoms with Crippen LogP contribution in [0.2, 0.25) is 0 Å². The molecule has 12 amide bonds. The van der Waals surface area contributed by atoms with Crippen LogP contribution in [0.15, 0.2) is 72.9 Å². The third-order valence-electron chi connectivity index (χ3n) is 18.0. The van der Waals surface area contributed by atoms with Gasteiger partial charge >= 0.3 is 5.97 Å². The molecule has 0 fully saturated rings. The van der Waals surface area contributed by atoms with Gasteiger partial charge in [0.05, 0.1) is 6.10 Å². The average Bonchev–Trinajstić information content (AvgIpc) is 1.80. The molecule has 0 unspecified atom stereocenters. The van der Waals surface area contributed by atoms with Gasteiger partial charge in [0.25, 0.3) is 0 Å². The number of aliphatic carboxylic acids is 1. The Morgan fingerprint density at radius 1 is 0.461 bits per heavy atom. The normalized spacial score (nSPS) is 14.5. The molecule has 32 N–H and O–H groups in total.